The molecular weight excluding hydrogens is 418 g/mol. The van der Waals surface area contributed by atoms with Crippen LogP contribution < -0.4 is 10.6 Å². The molecular formula is C30H58N3O+. The Balaban J connectivity index is 1.88. The number of unbranched alkanes of at least 4 members (excludes halogenated alkanes) is 16. The Kier molecular flexibility index (Phi) is 19.0. The molecule has 4 heteroatoms. The standard InChI is InChI=1S/C30H57N3O/c1-4-6-7-8-9-10-11-12-13-14-15-16-17-18-19-20-21-22-23-24-30-32-26-28-33(30,5-2)27-25-31-29(3)34/h4,6,26,28,30,32H,5,7-25,27H2,1-3H3/p+1/b6-4+. The molecule has 0 spiro atoms. The normalized spacial score (nSPS) is 19.7. The zero-order valence-electron chi connectivity index (χ0n) is 23.1. The maximum absolute atomic E-state index is 11.2. The minimum atomic E-state index is 0.0686. The lowest BCUT2D eigenvalue weighted by molar-refractivity contribution is -0.898. The van der Waals surface area contributed by atoms with Crippen molar-refractivity contribution >= 4 is 5.91 Å². The zero-order chi connectivity index (χ0) is 24.7. The Morgan fingerprint density at radius 1 is 0.853 bits per heavy atom. The summed E-state index contributed by atoms with van der Waals surface area (Å²) < 4.78 is 0.955. The summed E-state index contributed by atoms with van der Waals surface area (Å²) in [5, 5.41) is 6.54. The molecule has 2 N–H and O–H groups in total. The lowest BCUT2D eigenvalue weighted by Gasteiger charge is -2.37. The van der Waals surface area contributed by atoms with E-state index in [1.54, 1.807) is 6.92 Å². The number of carbonyl (C=O) groups excluding carboxylic acids is 1. The minimum Gasteiger partial charge on any atom is -0.351 e. The first-order chi connectivity index (χ1) is 16.6. The van der Waals surface area contributed by atoms with E-state index < -0.39 is 0 Å². The lowest BCUT2D eigenvalue weighted by Crippen LogP contribution is -2.55. The molecule has 0 aliphatic carbocycles. The second kappa shape index (κ2) is 21.0. The number of nitrogens with one attached hydrogen (secondary N) is 2. The number of likely N-dealkylation sites (N-methyl/N-ethyl adjacent to an activating group) is 1. The monoisotopic (exact) mass is 476 g/mol. The second-order valence-corrected chi connectivity index (χ2v) is 10.4. The second-order valence-electron chi connectivity index (χ2n) is 10.4. The lowest BCUT2D eigenvalue weighted by atomic mass is 10.0. The van der Waals surface area contributed by atoms with Crippen molar-refractivity contribution in [1.82, 2.24) is 10.6 Å². The Hall–Kier alpha value is -1.29. The van der Waals surface area contributed by atoms with E-state index in [1.165, 1.54) is 116 Å². The summed E-state index contributed by atoms with van der Waals surface area (Å²) in [6.45, 7) is 8.77. The maximum Gasteiger partial charge on any atom is 0.217 e. The molecule has 0 saturated carbocycles. The number of nitrogens with zero attached hydrogens (tertiary/aromatic N) is 1. The van der Waals surface area contributed by atoms with E-state index >= 15 is 0 Å². The quantitative estimate of drug-likeness (QED) is 0.0892. The van der Waals surface area contributed by atoms with Crippen molar-refractivity contribution in [3.63, 3.8) is 0 Å². The summed E-state index contributed by atoms with van der Waals surface area (Å²) in [6, 6.07) is 0. The first kappa shape index (κ1) is 30.7. The molecule has 1 aliphatic rings. The highest BCUT2D eigenvalue weighted by atomic mass is 16.1. The highest BCUT2D eigenvalue weighted by molar-refractivity contribution is 5.72. The number of carbonyl (C=O) groups is 1. The van der Waals surface area contributed by atoms with Gasteiger partial charge in [-0.15, -0.1) is 0 Å². The molecule has 2 unspecified atom stereocenters. The molecule has 1 heterocycles. The molecule has 0 aromatic rings. The van der Waals surface area contributed by atoms with Crippen LogP contribution in [0.2, 0.25) is 0 Å². The molecule has 2 atom stereocenters. The van der Waals surface area contributed by atoms with Crippen LogP contribution in [0.1, 0.15) is 136 Å². The Labute approximate surface area is 212 Å². The van der Waals surface area contributed by atoms with Crippen LogP contribution >= 0.6 is 0 Å². The van der Waals surface area contributed by atoms with Gasteiger partial charge in [-0.3, -0.25) is 9.28 Å². The molecule has 0 fully saturated rings. The van der Waals surface area contributed by atoms with Gasteiger partial charge in [0, 0.05) is 13.3 Å². The fraction of sp³-hybridized carbons (Fsp3) is 0.833. The number of hydrogen-bond acceptors (Lipinski definition) is 2. The summed E-state index contributed by atoms with van der Waals surface area (Å²) in [4.78, 5) is 11.2. The highest BCUT2D eigenvalue weighted by Gasteiger charge is 2.36. The van der Waals surface area contributed by atoms with Crippen molar-refractivity contribution in [1.29, 1.82) is 0 Å². The highest BCUT2D eigenvalue weighted by Crippen LogP contribution is 2.23. The van der Waals surface area contributed by atoms with E-state index in [1.807, 2.05) is 0 Å². The third-order valence-corrected chi connectivity index (χ3v) is 7.61. The number of amides is 1. The van der Waals surface area contributed by atoms with Crippen molar-refractivity contribution in [3.8, 4) is 0 Å². The van der Waals surface area contributed by atoms with Gasteiger partial charge >= 0.3 is 0 Å². The Morgan fingerprint density at radius 3 is 1.82 bits per heavy atom. The molecule has 0 saturated heterocycles. The Morgan fingerprint density at radius 2 is 1.35 bits per heavy atom. The first-order valence-electron chi connectivity index (χ1n) is 14.8. The molecule has 4 nitrogen and oxygen atoms in total. The minimum absolute atomic E-state index is 0.0686. The Bertz CT molecular complexity index is 545. The van der Waals surface area contributed by atoms with Crippen molar-refractivity contribution in [3.05, 3.63) is 24.6 Å². The predicted octanol–water partition coefficient (Wildman–Crippen LogP) is 7.96. The predicted molar refractivity (Wildman–Crippen MR) is 148 cm³/mol. The fourth-order valence-electron chi connectivity index (χ4n) is 5.29. The zero-order valence-corrected chi connectivity index (χ0v) is 23.1. The summed E-state index contributed by atoms with van der Waals surface area (Å²) in [5.41, 5.74) is 0. The molecule has 0 aromatic carbocycles. The van der Waals surface area contributed by atoms with Gasteiger partial charge in [0.1, 0.15) is 12.7 Å². The average Bonchev–Trinajstić information content (AvgIpc) is 3.23. The van der Waals surface area contributed by atoms with E-state index in [4.69, 9.17) is 0 Å². The molecule has 198 valence electrons. The molecule has 1 amide bonds. The number of quaternary nitrogens is 1. The maximum atomic E-state index is 11.2. The van der Waals surface area contributed by atoms with E-state index in [2.05, 4.69) is 49.0 Å². The van der Waals surface area contributed by atoms with Gasteiger partial charge in [-0.05, 0) is 33.1 Å². The van der Waals surface area contributed by atoms with Crippen LogP contribution in [0.25, 0.3) is 0 Å². The van der Waals surface area contributed by atoms with Crippen molar-refractivity contribution in [2.24, 2.45) is 0 Å². The third-order valence-electron chi connectivity index (χ3n) is 7.61. The smallest absolute Gasteiger partial charge is 0.217 e. The van der Waals surface area contributed by atoms with Gasteiger partial charge in [0.05, 0.1) is 19.3 Å². The van der Waals surface area contributed by atoms with Crippen molar-refractivity contribution < 1.29 is 9.28 Å². The fourth-order valence-corrected chi connectivity index (χ4v) is 5.29. The molecule has 1 rings (SSSR count). The van der Waals surface area contributed by atoms with Crippen LogP contribution in [0.3, 0.4) is 0 Å². The van der Waals surface area contributed by atoms with Gasteiger partial charge in [0.15, 0.2) is 6.17 Å². The van der Waals surface area contributed by atoms with Crippen LogP contribution in [-0.2, 0) is 4.79 Å². The largest absolute Gasteiger partial charge is 0.351 e. The van der Waals surface area contributed by atoms with E-state index in [-0.39, 0.29) is 5.91 Å². The summed E-state index contributed by atoms with van der Waals surface area (Å²) in [6.07, 6.45) is 34.5. The topological polar surface area (TPSA) is 41.1 Å². The molecule has 1 aliphatic heterocycles. The SMILES string of the molecule is C/C=C/CCCCCCCCCCCCCCCCCCC1NC=C[N+]1(CC)CCNC(C)=O. The van der Waals surface area contributed by atoms with Crippen LogP contribution in [0.4, 0.5) is 0 Å². The van der Waals surface area contributed by atoms with Crippen LogP contribution in [0.5, 0.6) is 0 Å². The van der Waals surface area contributed by atoms with Gasteiger partial charge in [0.2, 0.25) is 5.91 Å². The van der Waals surface area contributed by atoms with Crippen molar-refractivity contribution in [2.45, 2.75) is 143 Å². The summed E-state index contributed by atoms with van der Waals surface area (Å²) in [7, 11) is 0. The van der Waals surface area contributed by atoms with Crippen LogP contribution in [0.15, 0.2) is 24.6 Å². The number of hydrogen-bond donors (Lipinski definition) is 2. The van der Waals surface area contributed by atoms with Gasteiger partial charge in [-0.2, -0.15) is 0 Å². The summed E-state index contributed by atoms with van der Waals surface area (Å²) >= 11 is 0. The van der Waals surface area contributed by atoms with Gasteiger partial charge in [-0.1, -0.05) is 102 Å². The van der Waals surface area contributed by atoms with Gasteiger partial charge in [0.25, 0.3) is 0 Å². The van der Waals surface area contributed by atoms with Crippen LogP contribution in [-0.4, -0.2) is 36.2 Å². The average molecular weight is 477 g/mol. The molecule has 0 aromatic heterocycles. The van der Waals surface area contributed by atoms with Gasteiger partial charge in [-0.25, -0.2) is 0 Å². The third kappa shape index (κ3) is 14.9. The molecule has 34 heavy (non-hydrogen) atoms. The number of rotatable bonds is 23. The first-order valence-corrected chi connectivity index (χ1v) is 14.8. The molecule has 0 radical (unpaired) electrons. The molecule has 0 bridgehead atoms. The summed E-state index contributed by atoms with van der Waals surface area (Å²) in [5.74, 6) is 0.0686. The van der Waals surface area contributed by atoms with E-state index in [0.29, 0.717) is 6.17 Å². The van der Waals surface area contributed by atoms with Gasteiger partial charge < -0.3 is 10.6 Å². The van der Waals surface area contributed by atoms with Crippen molar-refractivity contribution in [2.75, 3.05) is 19.6 Å². The van der Waals surface area contributed by atoms with E-state index in [9.17, 15) is 4.79 Å². The van der Waals surface area contributed by atoms with E-state index in [0.717, 1.165) is 24.1 Å². The number of allylic oxidation sites excluding steroid dienone is 2. The van der Waals surface area contributed by atoms with Crippen LogP contribution in [0, 0.1) is 0 Å².